The van der Waals surface area contributed by atoms with Gasteiger partial charge in [0, 0.05) is 10.0 Å². The third kappa shape index (κ3) is 4.86. The highest BCUT2D eigenvalue weighted by molar-refractivity contribution is 9.10. The Kier molecular flexibility index (Phi) is 5.85. The Hall–Kier alpha value is -1.04. The summed E-state index contributed by atoms with van der Waals surface area (Å²) < 4.78 is 10.2. The van der Waals surface area contributed by atoms with E-state index in [1.807, 2.05) is 0 Å². The Morgan fingerprint density at radius 1 is 1.32 bits per heavy atom. The van der Waals surface area contributed by atoms with Crippen LogP contribution in [0, 0.1) is 0 Å². The van der Waals surface area contributed by atoms with Crippen molar-refractivity contribution in [3.63, 3.8) is 0 Å². The van der Waals surface area contributed by atoms with Crippen LogP contribution in [0.5, 0.6) is 5.75 Å². The van der Waals surface area contributed by atoms with Gasteiger partial charge in [0.25, 0.3) is 0 Å². The van der Waals surface area contributed by atoms with Gasteiger partial charge < -0.3 is 9.47 Å². The molecule has 1 aromatic carbocycles. The minimum absolute atomic E-state index is 0.0166. The van der Waals surface area contributed by atoms with Crippen LogP contribution in [-0.4, -0.2) is 18.5 Å². The predicted molar refractivity (Wildman–Crippen MR) is 75.6 cm³/mol. The van der Waals surface area contributed by atoms with Crippen LogP contribution in [0.4, 0.5) is 0 Å². The highest BCUT2D eigenvalue weighted by Gasteiger charge is 2.15. The van der Waals surface area contributed by atoms with E-state index in [0.29, 0.717) is 4.47 Å². The quantitative estimate of drug-likeness (QED) is 0.461. The molecule has 0 aliphatic carbocycles. The van der Waals surface area contributed by atoms with E-state index in [1.165, 1.54) is 19.1 Å². The number of rotatable bonds is 4. The highest BCUT2D eigenvalue weighted by Crippen LogP contribution is 2.35. The summed E-state index contributed by atoms with van der Waals surface area (Å²) in [6.07, 6.45) is 0. The van der Waals surface area contributed by atoms with Crippen LogP contribution in [0.15, 0.2) is 28.8 Å². The Bertz CT molecular complexity index is 520. The van der Waals surface area contributed by atoms with E-state index in [4.69, 9.17) is 27.9 Å². The van der Waals surface area contributed by atoms with E-state index >= 15 is 0 Å². The van der Waals surface area contributed by atoms with Crippen molar-refractivity contribution in [2.45, 2.75) is 6.92 Å². The molecule has 0 amide bonds. The molecule has 0 spiro atoms. The van der Waals surface area contributed by atoms with Gasteiger partial charge in [0.2, 0.25) is 0 Å². The third-order valence-electron chi connectivity index (χ3n) is 1.85. The van der Waals surface area contributed by atoms with Crippen molar-refractivity contribution in [3.8, 4) is 5.75 Å². The maximum absolute atomic E-state index is 11.5. The van der Waals surface area contributed by atoms with Crippen molar-refractivity contribution in [2.75, 3.05) is 6.61 Å². The lowest BCUT2D eigenvalue weighted by Crippen LogP contribution is -2.19. The summed E-state index contributed by atoms with van der Waals surface area (Å²) in [5.74, 6) is -1.45. The molecule has 0 aliphatic heterocycles. The maximum atomic E-state index is 11.5. The Morgan fingerprint density at radius 3 is 2.32 bits per heavy atom. The lowest BCUT2D eigenvalue weighted by molar-refractivity contribution is -0.150. The summed E-state index contributed by atoms with van der Waals surface area (Å²) in [6, 6.07) is 3.05. The molecular formula is C12H9BrCl2O4. The van der Waals surface area contributed by atoms with Gasteiger partial charge in [-0.2, -0.15) is 0 Å². The fourth-order valence-corrected chi connectivity index (χ4v) is 2.30. The smallest absolute Gasteiger partial charge is 0.349 e. The zero-order chi connectivity index (χ0) is 14.6. The minimum Gasteiger partial charge on any atom is -0.450 e. The lowest BCUT2D eigenvalue weighted by Gasteiger charge is -2.09. The molecule has 0 saturated heterocycles. The van der Waals surface area contributed by atoms with Gasteiger partial charge in [-0.15, -0.1) is 0 Å². The molecule has 1 aromatic rings. The van der Waals surface area contributed by atoms with Crippen LogP contribution >= 0.6 is 39.1 Å². The van der Waals surface area contributed by atoms with Crippen LogP contribution in [0.25, 0.3) is 0 Å². The summed E-state index contributed by atoms with van der Waals surface area (Å²) in [5.41, 5.74) is 0.188. The first-order chi connectivity index (χ1) is 8.81. The van der Waals surface area contributed by atoms with Crippen molar-refractivity contribution in [1.82, 2.24) is 0 Å². The number of ether oxygens (including phenoxy) is 2. The van der Waals surface area contributed by atoms with Gasteiger partial charge in [-0.05, 0) is 19.1 Å². The van der Waals surface area contributed by atoms with Crippen LogP contribution in [-0.2, 0) is 14.3 Å². The summed E-state index contributed by atoms with van der Waals surface area (Å²) in [5, 5.41) is 0.331. The first-order valence-corrected chi connectivity index (χ1v) is 6.54. The minimum atomic E-state index is -0.791. The number of hydrogen-bond acceptors (Lipinski definition) is 4. The molecule has 0 aromatic heterocycles. The SMILES string of the molecule is C=C(C)C(=O)OCC(=O)Oc1c(Cl)cc(Br)cc1Cl. The number of carbonyl (C=O) groups excluding carboxylic acids is 2. The topological polar surface area (TPSA) is 52.6 Å². The molecule has 0 radical (unpaired) electrons. The van der Waals surface area contributed by atoms with Crippen molar-refractivity contribution < 1.29 is 19.1 Å². The number of benzene rings is 1. The van der Waals surface area contributed by atoms with Crippen LogP contribution in [0.1, 0.15) is 6.92 Å². The number of carbonyl (C=O) groups is 2. The molecule has 0 N–H and O–H groups in total. The molecule has 0 saturated carbocycles. The predicted octanol–water partition coefficient (Wildman–Crippen LogP) is 3.78. The number of halogens is 3. The molecular weight excluding hydrogens is 359 g/mol. The summed E-state index contributed by atoms with van der Waals surface area (Å²) in [6.45, 7) is 4.30. The first-order valence-electron chi connectivity index (χ1n) is 4.99. The molecule has 7 heteroatoms. The summed E-state index contributed by atoms with van der Waals surface area (Å²) in [7, 11) is 0. The zero-order valence-electron chi connectivity index (χ0n) is 9.84. The molecule has 4 nitrogen and oxygen atoms in total. The Labute approximate surface area is 128 Å². The summed E-state index contributed by atoms with van der Waals surface area (Å²) >= 11 is 14.9. The van der Waals surface area contributed by atoms with E-state index in [2.05, 4.69) is 27.2 Å². The molecule has 0 fully saturated rings. The van der Waals surface area contributed by atoms with Gasteiger partial charge in [0.05, 0.1) is 10.0 Å². The van der Waals surface area contributed by atoms with Crippen molar-refractivity contribution >= 4 is 51.1 Å². The van der Waals surface area contributed by atoms with Gasteiger partial charge in [-0.3, -0.25) is 0 Å². The van der Waals surface area contributed by atoms with E-state index in [-0.39, 0.29) is 21.4 Å². The Morgan fingerprint density at radius 2 is 1.84 bits per heavy atom. The van der Waals surface area contributed by atoms with Crippen molar-refractivity contribution in [2.24, 2.45) is 0 Å². The van der Waals surface area contributed by atoms with Crippen molar-refractivity contribution in [3.05, 3.63) is 38.8 Å². The van der Waals surface area contributed by atoms with Gasteiger partial charge in [-0.25, -0.2) is 9.59 Å². The molecule has 19 heavy (non-hydrogen) atoms. The molecule has 102 valence electrons. The van der Waals surface area contributed by atoms with E-state index < -0.39 is 18.5 Å². The second kappa shape index (κ2) is 6.93. The number of esters is 2. The molecule has 0 bridgehead atoms. The number of hydrogen-bond donors (Lipinski definition) is 0. The maximum Gasteiger partial charge on any atom is 0.349 e. The lowest BCUT2D eigenvalue weighted by atomic mass is 10.3. The van der Waals surface area contributed by atoms with Gasteiger partial charge in [0.15, 0.2) is 12.4 Å². The largest absolute Gasteiger partial charge is 0.450 e. The Balaban J connectivity index is 2.68. The molecule has 0 unspecified atom stereocenters. The van der Waals surface area contributed by atoms with E-state index in [1.54, 1.807) is 0 Å². The second-order valence-corrected chi connectivity index (χ2v) is 5.26. The van der Waals surface area contributed by atoms with E-state index in [9.17, 15) is 9.59 Å². The fourth-order valence-electron chi connectivity index (χ4n) is 1.02. The highest BCUT2D eigenvalue weighted by atomic mass is 79.9. The van der Waals surface area contributed by atoms with Gasteiger partial charge in [0.1, 0.15) is 0 Å². The molecule has 0 heterocycles. The average Bonchev–Trinajstić information content (AvgIpc) is 2.30. The monoisotopic (exact) mass is 366 g/mol. The van der Waals surface area contributed by atoms with Gasteiger partial charge >= 0.3 is 11.9 Å². The van der Waals surface area contributed by atoms with Crippen LogP contribution in [0.2, 0.25) is 10.0 Å². The summed E-state index contributed by atoms with van der Waals surface area (Å²) in [4.78, 5) is 22.6. The third-order valence-corrected chi connectivity index (χ3v) is 2.87. The van der Waals surface area contributed by atoms with Crippen LogP contribution < -0.4 is 4.74 Å². The van der Waals surface area contributed by atoms with Crippen molar-refractivity contribution in [1.29, 1.82) is 0 Å². The standard InChI is InChI=1S/C12H9BrCl2O4/c1-6(2)12(17)18-5-10(16)19-11-8(14)3-7(13)4-9(11)15/h3-4H,1,5H2,2H3. The average molecular weight is 368 g/mol. The normalized spacial score (nSPS) is 9.89. The molecule has 0 aliphatic rings. The van der Waals surface area contributed by atoms with Crippen LogP contribution in [0.3, 0.4) is 0 Å². The van der Waals surface area contributed by atoms with Gasteiger partial charge in [-0.1, -0.05) is 45.7 Å². The first kappa shape index (κ1) is 16.0. The zero-order valence-corrected chi connectivity index (χ0v) is 12.9. The second-order valence-electron chi connectivity index (χ2n) is 3.53. The molecule has 0 atom stereocenters. The fraction of sp³-hybridized carbons (Fsp3) is 0.167. The molecule has 1 rings (SSSR count). The van der Waals surface area contributed by atoms with E-state index in [0.717, 1.165) is 0 Å².